The fraction of sp³-hybridized carbons (Fsp3) is 0.339. The van der Waals surface area contributed by atoms with Crippen molar-refractivity contribution in [3.63, 3.8) is 0 Å². The molecule has 432 valence electrons. The van der Waals surface area contributed by atoms with Crippen molar-refractivity contribution in [1.29, 1.82) is 0 Å². The van der Waals surface area contributed by atoms with Crippen LogP contribution >= 0.6 is 0 Å². The molecule has 9 aromatic rings. The van der Waals surface area contributed by atoms with Crippen LogP contribution in [0.3, 0.4) is 0 Å². The minimum absolute atomic E-state index is 0.0245. The molecule has 17 nitrogen and oxygen atoms in total. The number of halogens is 3. The topological polar surface area (TPSA) is 231 Å². The molecule has 11 rings (SSSR count). The Morgan fingerprint density at radius 2 is 0.976 bits per heavy atom. The van der Waals surface area contributed by atoms with Gasteiger partial charge in [-0.15, -0.1) is 0 Å². The summed E-state index contributed by atoms with van der Waals surface area (Å²) in [6.45, 7) is 11.2. The van der Waals surface area contributed by atoms with Crippen LogP contribution in [0.25, 0.3) is 44.6 Å². The molecule has 4 heterocycles. The average Bonchev–Trinajstić information content (AvgIpc) is 4.36. The van der Waals surface area contributed by atoms with Gasteiger partial charge in [-0.05, 0) is 154 Å². The van der Waals surface area contributed by atoms with Crippen LogP contribution in [0.5, 0.6) is 0 Å². The molecule has 0 atom stereocenters. The molecule has 2 fully saturated rings. The van der Waals surface area contributed by atoms with E-state index in [1.807, 2.05) is 73.3 Å². The molecule has 2 aliphatic carbocycles. The van der Waals surface area contributed by atoms with Crippen LogP contribution in [-0.4, -0.2) is 86.3 Å². The Morgan fingerprint density at radius 3 is 1.36 bits per heavy atom. The Hall–Kier alpha value is -8.40. The molecule has 2 saturated carbocycles. The van der Waals surface area contributed by atoms with Crippen molar-refractivity contribution in [2.75, 3.05) is 21.3 Å². The van der Waals surface area contributed by atoms with E-state index in [-0.39, 0.29) is 47.2 Å². The molecule has 5 aromatic carbocycles. The van der Waals surface area contributed by atoms with Gasteiger partial charge in [0.25, 0.3) is 0 Å². The number of carbonyl (C=O) groups excluding carboxylic acids is 1. The first-order valence-electron chi connectivity index (χ1n) is 28.4. The lowest BCUT2D eigenvalue weighted by Crippen LogP contribution is -2.39. The van der Waals surface area contributed by atoms with Crippen LogP contribution in [0.1, 0.15) is 109 Å². The summed E-state index contributed by atoms with van der Waals surface area (Å²) in [7, 11) is -1.59. The van der Waals surface area contributed by atoms with Crippen LogP contribution in [-0.2, 0) is 17.9 Å². The van der Waals surface area contributed by atoms with E-state index < -0.39 is 12.9 Å². The predicted octanol–water partition coefficient (Wildman–Crippen LogP) is 10.7. The molecule has 9 N–H and O–H groups in total. The molecule has 0 unspecified atom stereocenters. The quantitative estimate of drug-likeness (QED) is 0.0421. The number of hydrogen-bond donors (Lipinski definition) is 8. The van der Waals surface area contributed by atoms with Gasteiger partial charge in [0, 0.05) is 56.3 Å². The maximum Gasteiger partial charge on any atom is 0.488 e. The van der Waals surface area contributed by atoms with Gasteiger partial charge < -0.3 is 51.5 Å². The number of benzene rings is 5. The summed E-state index contributed by atoms with van der Waals surface area (Å²) < 4.78 is 43.6. The Labute approximate surface area is 482 Å². The minimum Gasteiger partial charge on any atom is -0.423 e. The molecular formula is C62H72BF3N14O3. The Bertz CT molecular complexity index is 3590. The summed E-state index contributed by atoms with van der Waals surface area (Å²) >= 11 is 0. The standard InChI is InChI=1S/C29H34FN7O.C27H32FN7.C6H6BFO2/c1-18(2)37-17-32-26-27(31-16-20-7-9-21(10-8-20)22-5-4-6-23(30)15-22)35-29(36-28(26)37)34-25-13-11-24(12-14-25)33-19(3)38;1-17(2)35-16-31-24-25(33-27(34-26(24)35)32-23-12-10-22(29)11-13-23)30-15-18-6-8-19(9-7-18)20-4-3-5-21(28)14-20;8-6-3-1-2-5(4-6)7(9)10/h4-10,15,17-18,24-25H,11-14,16H2,1-3H3,(H,33,38)(H2,31,34,35,36);3-9,14,16-17,22-23H,10-13,15,29H2,1-2H3,(H2,30,32,33,34);1-4,9-10H. The lowest BCUT2D eigenvalue weighted by atomic mass is 9.80. The normalized spacial score (nSPS) is 16.8. The van der Waals surface area contributed by atoms with Gasteiger partial charge in [-0.25, -0.2) is 23.1 Å². The lowest BCUT2D eigenvalue weighted by Gasteiger charge is -2.29. The van der Waals surface area contributed by atoms with E-state index in [2.05, 4.69) is 73.4 Å². The molecular weight excluding hydrogens is 1060 g/mol. The first-order chi connectivity index (χ1) is 40.0. The molecule has 0 radical (unpaired) electrons. The van der Waals surface area contributed by atoms with E-state index in [0.29, 0.717) is 48.7 Å². The van der Waals surface area contributed by atoms with E-state index in [4.69, 9.17) is 35.7 Å². The maximum atomic E-state index is 13.6. The van der Waals surface area contributed by atoms with Gasteiger partial charge in [0.05, 0.1) is 12.7 Å². The molecule has 0 spiro atoms. The second kappa shape index (κ2) is 27.6. The van der Waals surface area contributed by atoms with E-state index in [0.717, 1.165) is 113 Å². The number of nitrogens with two attached hydrogens (primary N) is 1. The molecule has 0 saturated heterocycles. The zero-order chi connectivity index (χ0) is 58.6. The monoisotopic (exact) mass is 1130 g/mol. The third-order valence-electron chi connectivity index (χ3n) is 14.8. The number of aromatic nitrogens is 8. The number of amides is 1. The van der Waals surface area contributed by atoms with Crippen molar-refractivity contribution in [2.24, 2.45) is 5.73 Å². The molecule has 0 aliphatic heterocycles. The Balaban J connectivity index is 0.000000171. The van der Waals surface area contributed by atoms with E-state index in [9.17, 15) is 18.0 Å². The number of nitrogens with zero attached hydrogens (tertiary/aromatic N) is 8. The number of carbonyl (C=O) groups is 1. The van der Waals surface area contributed by atoms with E-state index in [1.165, 1.54) is 36.4 Å². The van der Waals surface area contributed by atoms with Gasteiger partial charge in [0.2, 0.25) is 17.8 Å². The number of nitrogens with one attached hydrogen (secondary N) is 5. The molecule has 2 aliphatic rings. The van der Waals surface area contributed by atoms with Gasteiger partial charge in [-0.1, -0.05) is 84.9 Å². The molecule has 4 aromatic heterocycles. The average molecular weight is 1130 g/mol. The fourth-order valence-corrected chi connectivity index (χ4v) is 10.3. The van der Waals surface area contributed by atoms with Crippen molar-refractivity contribution in [2.45, 2.75) is 135 Å². The summed E-state index contributed by atoms with van der Waals surface area (Å²) in [5, 5.41) is 34.1. The highest BCUT2D eigenvalue weighted by Crippen LogP contribution is 2.30. The third-order valence-corrected chi connectivity index (χ3v) is 14.8. The second-order valence-corrected chi connectivity index (χ2v) is 21.8. The summed E-state index contributed by atoms with van der Waals surface area (Å²) in [4.78, 5) is 39.8. The second-order valence-electron chi connectivity index (χ2n) is 21.8. The SMILES string of the molecule is CC(=O)NC1CCC(Nc2nc(NCc3ccc(-c4cccc(F)c4)cc3)c3ncn(C(C)C)c3n2)CC1.CC(C)n1cnc2c(NCc3ccc(-c4cccc(F)c4)cc3)nc(NC3CCC(N)CC3)nc21.OB(O)c1cccc(F)c1. The van der Waals surface area contributed by atoms with Crippen LogP contribution < -0.4 is 37.8 Å². The smallest absolute Gasteiger partial charge is 0.423 e. The van der Waals surface area contributed by atoms with Gasteiger partial charge in [0.15, 0.2) is 34.0 Å². The number of hydrogen-bond acceptors (Lipinski definition) is 14. The van der Waals surface area contributed by atoms with Crippen molar-refractivity contribution < 1.29 is 28.0 Å². The van der Waals surface area contributed by atoms with Crippen LogP contribution in [0, 0.1) is 17.5 Å². The highest BCUT2D eigenvalue weighted by Gasteiger charge is 2.25. The Kier molecular flexibility index (Phi) is 19.7. The predicted molar refractivity (Wildman–Crippen MR) is 323 cm³/mol. The largest absolute Gasteiger partial charge is 0.488 e. The number of anilines is 4. The third kappa shape index (κ3) is 16.0. The number of fused-ring (bicyclic) bond motifs is 2. The molecule has 1 amide bonds. The van der Waals surface area contributed by atoms with Gasteiger partial charge in [-0.2, -0.15) is 19.9 Å². The minimum atomic E-state index is -1.59. The highest BCUT2D eigenvalue weighted by molar-refractivity contribution is 6.58. The lowest BCUT2D eigenvalue weighted by molar-refractivity contribution is -0.119. The summed E-state index contributed by atoms with van der Waals surface area (Å²) in [5.41, 5.74) is 15.2. The molecule has 83 heavy (non-hydrogen) atoms. The van der Waals surface area contributed by atoms with Crippen LogP contribution in [0.2, 0.25) is 0 Å². The highest BCUT2D eigenvalue weighted by atomic mass is 19.1. The van der Waals surface area contributed by atoms with E-state index in [1.54, 1.807) is 25.1 Å². The van der Waals surface area contributed by atoms with Gasteiger partial charge in [-0.3, -0.25) is 4.79 Å². The van der Waals surface area contributed by atoms with Crippen molar-refractivity contribution in [3.8, 4) is 22.3 Å². The molecule has 21 heteroatoms. The summed E-state index contributed by atoms with van der Waals surface area (Å²) in [5.74, 6) is 1.66. The van der Waals surface area contributed by atoms with Crippen molar-refractivity contribution >= 4 is 64.3 Å². The number of imidazole rings is 2. The van der Waals surface area contributed by atoms with Crippen molar-refractivity contribution in [1.82, 2.24) is 44.4 Å². The van der Waals surface area contributed by atoms with Gasteiger partial charge in [0.1, 0.15) is 17.5 Å². The van der Waals surface area contributed by atoms with Crippen LogP contribution in [0.15, 0.2) is 134 Å². The van der Waals surface area contributed by atoms with Gasteiger partial charge >= 0.3 is 7.12 Å². The Morgan fingerprint density at radius 1 is 0.566 bits per heavy atom. The maximum absolute atomic E-state index is 13.6. The number of rotatable bonds is 16. The molecule has 0 bridgehead atoms. The van der Waals surface area contributed by atoms with Crippen molar-refractivity contribution in [3.05, 3.63) is 163 Å². The first-order valence-corrected chi connectivity index (χ1v) is 28.4. The van der Waals surface area contributed by atoms with Crippen LogP contribution in [0.4, 0.5) is 36.7 Å². The zero-order valence-corrected chi connectivity index (χ0v) is 47.4. The fourth-order valence-electron chi connectivity index (χ4n) is 10.3. The first kappa shape index (κ1) is 59.2. The van der Waals surface area contributed by atoms with E-state index >= 15 is 0 Å². The zero-order valence-electron chi connectivity index (χ0n) is 47.4. The summed E-state index contributed by atoms with van der Waals surface area (Å²) in [6, 6.07) is 36.1. The summed E-state index contributed by atoms with van der Waals surface area (Å²) in [6.07, 6.45) is 11.4.